The highest BCUT2D eigenvalue weighted by Gasteiger charge is 2.13. The molecule has 1 fully saturated rings. The van der Waals surface area contributed by atoms with Crippen LogP contribution in [0, 0.1) is 0 Å². The lowest BCUT2D eigenvalue weighted by Gasteiger charge is -2.26. The third-order valence-electron chi connectivity index (χ3n) is 3.68. The molecule has 0 bridgehead atoms. The number of hydrogen-bond donors (Lipinski definition) is 2. The van der Waals surface area contributed by atoms with Crippen LogP contribution in [0.2, 0.25) is 0 Å². The molecular formula is C17H26N4O2. The topological polar surface area (TPSA) is 70.8 Å². The lowest BCUT2D eigenvalue weighted by atomic mass is 10.1. The number of piperazine rings is 1. The van der Waals surface area contributed by atoms with Crippen molar-refractivity contribution < 1.29 is 9.53 Å². The number of nitrogens with one attached hydrogen (secondary N) is 1. The van der Waals surface area contributed by atoms with E-state index >= 15 is 0 Å². The molecule has 23 heavy (non-hydrogen) atoms. The Kier molecular flexibility index (Phi) is 6.43. The van der Waals surface area contributed by atoms with Crippen molar-refractivity contribution in [3.05, 3.63) is 29.8 Å². The van der Waals surface area contributed by atoms with Crippen molar-refractivity contribution in [1.29, 1.82) is 0 Å². The van der Waals surface area contributed by atoms with E-state index in [1.807, 2.05) is 37.2 Å². The summed E-state index contributed by atoms with van der Waals surface area (Å²) in [6.45, 7) is 4.64. The van der Waals surface area contributed by atoms with Crippen LogP contribution < -0.4 is 15.8 Å². The number of carbonyl (C=O) groups excluding carboxylic acids is 1. The fourth-order valence-electron chi connectivity index (χ4n) is 2.30. The van der Waals surface area contributed by atoms with E-state index in [2.05, 4.69) is 10.2 Å². The van der Waals surface area contributed by atoms with Crippen molar-refractivity contribution in [2.75, 3.05) is 59.2 Å². The molecular weight excluding hydrogens is 292 g/mol. The van der Waals surface area contributed by atoms with Gasteiger partial charge in [-0.3, -0.25) is 4.79 Å². The van der Waals surface area contributed by atoms with Gasteiger partial charge in [0.15, 0.2) is 0 Å². The van der Waals surface area contributed by atoms with Gasteiger partial charge in [-0.15, -0.1) is 0 Å². The standard InChI is InChI=1S/C17H26N4O2/c1-20(2)11-12-23-16-5-3-14(13-15(16)18)4-6-17(22)21-9-7-19-8-10-21/h3-6,13,19H,7-12,18H2,1-2H3/b6-4-. The van der Waals surface area contributed by atoms with Gasteiger partial charge in [0.1, 0.15) is 12.4 Å². The molecule has 6 nitrogen and oxygen atoms in total. The molecule has 3 N–H and O–H groups in total. The minimum atomic E-state index is 0.0383. The number of rotatable bonds is 6. The van der Waals surface area contributed by atoms with Crippen LogP contribution in [-0.2, 0) is 4.79 Å². The third-order valence-corrected chi connectivity index (χ3v) is 3.68. The SMILES string of the molecule is CN(C)CCOc1ccc(/C=C\C(=O)N2CCNCC2)cc1N. The molecule has 0 spiro atoms. The van der Waals surface area contributed by atoms with Gasteiger partial charge in [-0.05, 0) is 37.9 Å². The first-order valence-corrected chi connectivity index (χ1v) is 7.91. The number of nitrogen functional groups attached to an aromatic ring is 1. The number of ether oxygens (including phenoxy) is 1. The van der Waals surface area contributed by atoms with Gasteiger partial charge in [-0.2, -0.15) is 0 Å². The number of amides is 1. The van der Waals surface area contributed by atoms with Gasteiger partial charge >= 0.3 is 0 Å². The molecule has 1 aromatic rings. The zero-order chi connectivity index (χ0) is 16.7. The summed E-state index contributed by atoms with van der Waals surface area (Å²) in [4.78, 5) is 16.0. The van der Waals surface area contributed by atoms with E-state index in [1.54, 1.807) is 12.2 Å². The fraction of sp³-hybridized carbons (Fsp3) is 0.471. The first kappa shape index (κ1) is 17.3. The molecule has 126 valence electrons. The Hall–Kier alpha value is -2.05. The zero-order valence-corrected chi connectivity index (χ0v) is 13.9. The number of likely N-dealkylation sites (N-methyl/N-ethyl adjacent to an activating group) is 1. The molecule has 1 aliphatic heterocycles. The maximum atomic E-state index is 12.1. The molecule has 0 atom stereocenters. The first-order valence-electron chi connectivity index (χ1n) is 7.91. The smallest absolute Gasteiger partial charge is 0.246 e. The number of hydrogen-bond acceptors (Lipinski definition) is 5. The average molecular weight is 318 g/mol. The van der Waals surface area contributed by atoms with Gasteiger partial charge in [0.2, 0.25) is 5.91 Å². The predicted molar refractivity (Wildman–Crippen MR) is 93.4 cm³/mol. The Labute approximate surface area is 137 Å². The van der Waals surface area contributed by atoms with E-state index in [1.165, 1.54) is 0 Å². The number of benzene rings is 1. The average Bonchev–Trinajstić information content (AvgIpc) is 2.55. The van der Waals surface area contributed by atoms with Gasteiger partial charge in [0, 0.05) is 38.8 Å². The lowest BCUT2D eigenvalue weighted by Crippen LogP contribution is -2.45. The van der Waals surface area contributed by atoms with Crippen LogP contribution >= 0.6 is 0 Å². The summed E-state index contributed by atoms with van der Waals surface area (Å²) in [6.07, 6.45) is 3.40. The van der Waals surface area contributed by atoms with Crippen molar-refractivity contribution in [3.63, 3.8) is 0 Å². The Balaban J connectivity index is 1.91. The summed E-state index contributed by atoms with van der Waals surface area (Å²) in [6, 6.07) is 5.58. The molecule has 1 aliphatic rings. The molecule has 2 rings (SSSR count). The molecule has 1 aromatic carbocycles. The minimum Gasteiger partial charge on any atom is -0.490 e. The molecule has 0 radical (unpaired) electrons. The predicted octanol–water partition coefficient (Wildman–Crippen LogP) is 0.654. The van der Waals surface area contributed by atoms with Crippen LogP contribution in [0.4, 0.5) is 5.69 Å². The Morgan fingerprint density at radius 3 is 2.78 bits per heavy atom. The summed E-state index contributed by atoms with van der Waals surface area (Å²) < 4.78 is 5.65. The summed E-state index contributed by atoms with van der Waals surface area (Å²) in [5, 5.41) is 3.23. The summed E-state index contributed by atoms with van der Waals surface area (Å²) in [5.74, 6) is 0.716. The summed E-state index contributed by atoms with van der Waals surface area (Å²) in [5.41, 5.74) is 7.49. The maximum absolute atomic E-state index is 12.1. The number of carbonyl (C=O) groups is 1. The second-order valence-electron chi connectivity index (χ2n) is 5.86. The largest absolute Gasteiger partial charge is 0.490 e. The van der Waals surface area contributed by atoms with Crippen LogP contribution in [-0.4, -0.2) is 69.1 Å². The Morgan fingerprint density at radius 2 is 2.13 bits per heavy atom. The van der Waals surface area contributed by atoms with E-state index in [0.29, 0.717) is 18.0 Å². The molecule has 0 saturated carbocycles. The van der Waals surface area contributed by atoms with Crippen LogP contribution in [0.3, 0.4) is 0 Å². The molecule has 0 unspecified atom stereocenters. The van der Waals surface area contributed by atoms with E-state index < -0.39 is 0 Å². The zero-order valence-electron chi connectivity index (χ0n) is 13.9. The van der Waals surface area contributed by atoms with Crippen LogP contribution in [0.5, 0.6) is 5.75 Å². The fourth-order valence-corrected chi connectivity index (χ4v) is 2.30. The van der Waals surface area contributed by atoms with Crippen molar-refractivity contribution in [2.24, 2.45) is 0 Å². The van der Waals surface area contributed by atoms with E-state index in [0.717, 1.165) is 38.3 Å². The molecule has 1 amide bonds. The second-order valence-corrected chi connectivity index (χ2v) is 5.86. The van der Waals surface area contributed by atoms with Gasteiger partial charge < -0.3 is 25.6 Å². The monoisotopic (exact) mass is 318 g/mol. The highest BCUT2D eigenvalue weighted by atomic mass is 16.5. The first-order chi connectivity index (χ1) is 11.1. The highest BCUT2D eigenvalue weighted by Crippen LogP contribution is 2.23. The van der Waals surface area contributed by atoms with Crippen molar-refractivity contribution >= 4 is 17.7 Å². The van der Waals surface area contributed by atoms with Crippen molar-refractivity contribution in [2.45, 2.75) is 0 Å². The lowest BCUT2D eigenvalue weighted by molar-refractivity contribution is -0.126. The van der Waals surface area contributed by atoms with Crippen LogP contribution in [0.1, 0.15) is 5.56 Å². The van der Waals surface area contributed by atoms with Crippen molar-refractivity contribution in [3.8, 4) is 5.75 Å². The van der Waals surface area contributed by atoms with Crippen molar-refractivity contribution in [1.82, 2.24) is 15.1 Å². The van der Waals surface area contributed by atoms with Crippen LogP contribution in [0.25, 0.3) is 6.08 Å². The van der Waals surface area contributed by atoms with Crippen LogP contribution in [0.15, 0.2) is 24.3 Å². The quantitative estimate of drug-likeness (QED) is 0.595. The minimum absolute atomic E-state index is 0.0383. The van der Waals surface area contributed by atoms with E-state index in [9.17, 15) is 4.79 Å². The Morgan fingerprint density at radius 1 is 1.39 bits per heavy atom. The van der Waals surface area contributed by atoms with Gasteiger partial charge in [0.05, 0.1) is 5.69 Å². The van der Waals surface area contributed by atoms with E-state index in [-0.39, 0.29) is 5.91 Å². The normalized spacial score (nSPS) is 15.3. The molecule has 0 aromatic heterocycles. The Bertz CT molecular complexity index is 552. The van der Waals surface area contributed by atoms with Gasteiger partial charge in [-0.1, -0.05) is 6.07 Å². The third kappa shape index (κ3) is 5.58. The molecule has 1 heterocycles. The summed E-state index contributed by atoms with van der Waals surface area (Å²) >= 11 is 0. The second kappa shape index (κ2) is 8.55. The maximum Gasteiger partial charge on any atom is 0.246 e. The number of anilines is 1. The molecule has 0 aliphatic carbocycles. The molecule has 1 saturated heterocycles. The highest BCUT2D eigenvalue weighted by molar-refractivity contribution is 5.92. The van der Waals surface area contributed by atoms with Gasteiger partial charge in [0.25, 0.3) is 0 Å². The summed E-state index contributed by atoms with van der Waals surface area (Å²) in [7, 11) is 3.99. The van der Waals surface area contributed by atoms with Gasteiger partial charge in [-0.25, -0.2) is 0 Å². The number of nitrogens with zero attached hydrogens (tertiary/aromatic N) is 2. The number of nitrogens with two attached hydrogens (primary N) is 1. The van der Waals surface area contributed by atoms with E-state index in [4.69, 9.17) is 10.5 Å². The molecule has 6 heteroatoms.